The summed E-state index contributed by atoms with van der Waals surface area (Å²) >= 11 is 0. The minimum atomic E-state index is -0.191. The highest BCUT2D eigenvalue weighted by Crippen LogP contribution is 2.12. The van der Waals surface area contributed by atoms with Crippen LogP contribution >= 0.6 is 0 Å². The van der Waals surface area contributed by atoms with Gasteiger partial charge in [0.15, 0.2) is 0 Å². The summed E-state index contributed by atoms with van der Waals surface area (Å²) in [6, 6.07) is 0.488. The summed E-state index contributed by atoms with van der Waals surface area (Å²) < 4.78 is 5.39. The number of carbonyl (C=O) groups excluding carboxylic acids is 1. The first kappa shape index (κ1) is 9.93. The standard InChI is InChI=1S/C10H18N2O2/c13-10(9-3-1-2-6-14-9)12-7-8-4-5-11-8/h8-9,11H,1-7H2,(H,12,13). The molecule has 0 radical (unpaired) electrons. The molecule has 2 aliphatic rings. The van der Waals surface area contributed by atoms with Gasteiger partial charge in [0.2, 0.25) is 5.91 Å². The molecule has 1 amide bonds. The van der Waals surface area contributed by atoms with Crippen LogP contribution in [-0.4, -0.2) is 37.7 Å². The minimum Gasteiger partial charge on any atom is -0.368 e. The Labute approximate surface area is 84.4 Å². The SMILES string of the molecule is O=C(NCC1CCN1)C1CCCCO1. The fourth-order valence-electron chi connectivity index (χ4n) is 1.81. The average Bonchev–Trinajstić information content (AvgIpc) is 2.16. The largest absolute Gasteiger partial charge is 0.368 e. The van der Waals surface area contributed by atoms with E-state index in [2.05, 4.69) is 10.6 Å². The summed E-state index contributed by atoms with van der Waals surface area (Å²) in [6.45, 7) is 2.57. The lowest BCUT2D eigenvalue weighted by molar-refractivity contribution is -0.135. The summed E-state index contributed by atoms with van der Waals surface area (Å²) in [5.74, 6) is 0.0680. The molecule has 2 rings (SSSR count). The van der Waals surface area contributed by atoms with E-state index in [1.165, 1.54) is 6.42 Å². The summed E-state index contributed by atoms with van der Waals surface area (Å²) in [5.41, 5.74) is 0. The molecule has 2 atom stereocenters. The van der Waals surface area contributed by atoms with E-state index in [9.17, 15) is 4.79 Å². The molecule has 4 heteroatoms. The van der Waals surface area contributed by atoms with Gasteiger partial charge in [-0.25, -0.2) is 0 Å². The Hall–Kier alpha value is -0.610. The van der Waals surface area contributed by atoms with E-state index in [0.29, 0.717) is 6.04 Å². The molecule has 2 fully saturated rings. The molecular formula is C10H18N2O2. The molecule has 14 heavy (non-hydrogen) atoms. The third-order valence-corrected chi connectivity index (χ3v) is 2.92. The maximum Gasteiger partial charge on any atom is 0.249 e. The second kappa shape index (κ2) is 4.75. The third kappa shape index (κ3) is 2.45. The molecule has 0 bridgehead atoms. The summed E-state index contributed by atoms with van der Waals surface area (Å²) in [7, 11) is 0. The molecular weight excluding hydrogens is 180 g/mol. The van der Waals surface area contributed by atoms with E-state index in [0.717, 1.165) is 39.0 Å². The highest BCUT2D eigenvalue weighted by atomic mass is 16.5. The molecule has 0 aromatic heterocycles. The lowest BCUT2D eigenvalue weighted by Gasteiger charge is -2.29. The fourth-order valence-corrected chi connectivity index (χ4v) is 1.81. The lowest BCUT2D eigenvalue weighted by Crippen LogP contribution is -2.51. The second-order valence-electron chi connectivity index (χ2n) is 4.04. The summed E-state index contributed by atoms with van der Waals surface area (Å²) in [5, 5.41) is 6.18. The zero-order valence-electron chi connectivity index (χ0n) is 8.42. The van der Waals surface area contributed by atoms with Gasteiger partial charge in [0.1, 0.15) is 6.10 Å². The molecule has 0 aromatic carbocycles. The van der Waals surface area contributed by atoms with Gasteiger partial charge >= 0.3 is 0 Å². The van der Waals surface area contributed by atoms with Crippen molar-refractivity contribution in [2.45, 2.75) is 37.8 Å². The smallest absolute Gasteiger partial charge is 0.249 e. The van der Waals surface area contributed by atoms with Gasteiger partial charge in [0.05, 0.1) is 0 Å². The Bertz CT molecular complexity index is 198. The van der Waals surface area contributed by atoms with E-state index < -0.39 is 0 Å². The Morgan fingerprint density at radius 3 is 2.86 bits per heavy atom. The first-order valence-electron chi connectivity index (χ1n) is 5.49. The van der Waals surface area contributed by atoms with E-state index in [-0.39, 0.29) is 12.0 Å². The Kier molecular flexibility index (Phi) is 3.37. The second-order valence-corrected chi connectivity index (χ2v) is 4.04. The van der Waals surface area contributed by atoms with Crippen LogP contribution in [0.2, 0.25) is 0 Å². The lowest BCUT2D eigenvalue weighted by atomic mass is 10.1. The van der Waals surface area contributed by atoms with E-state index in [1.54, 1.807) is 0 Å². The molecule has 0 saturated carbocycles. The van der Waals surface area contributed by atoms with Crippen molar-refractivity contribution in [3.63, 3.8) is 0 Å². The molecule has 4 nitrogen and oxygen atoms in total. The maximum atomic E-state index is 11.6. The van der Waals surface area contributed by atoms with Crippen LogP contribution in [-0.2, 0) is 9.53 Å². The first-order valence-corrected chi connectivity index (χ1v) is 5.49. The molecule has 0 aliphatic carbocycles. The van der Waals surface area contributed by atoms with Gasteiger partial charge in [-0.3, -0.25) is 4.79 Å². The van der Waals surface area contributed by atoms with Crippen molar-refractivity contribution >= 4 is 5.91 Å². The van der Waals surface area contributed by atoms with Crippen LogP contribution < -0.4 is 10.6 Å². The minimum absolute atomic E-state index is 0.0680. The number of rotatable bonds is 3. The van der Waals surface area contributed by atoms with Crippen molar-refractivity contribution in [3.8, 4) is 0 Å². The van der Waals surface area contributed by atoms with Crippen LogP contribution in [0, 0.1) is 0 Å². The number of nitrogens with one attached hydrogen (secondary N) is 2. The number of amides is 1. The van der Waals surface area contributed by atoms with Gasteiger partial charge in [0.25, 0.3) is 0 Å². The zero-order valence-corrected chi connectivity index (χ0v) is 8.42. The van der Waals surface area contributed by atoms with Crippen molar-refractivity contribution in [1.29, 1.82) is 0 Å². The van der Waals surface area contributed by atoms with Crippen LogP contribution in [0.4, 0.5) is 0 Å². The van der Waals surface area contributed by atoms with Gasteiger partial charge in [-0.05, 0) is 32.2 Å². The van der Waals surface area contributed by atoms with Gasteiger partial charge in [-0.15, -0.1) is 0 Å². The Balaban J connectivity index is 1.65. The van der Waals surface area contributed by atoms with E-state index >= 15 is 0 Å². The quantitative estimate of drug-likeness (QED) is 0.673. The molecule has 2 aliphatic heterocycles. The number of carbonyl (C=O) groups is 1. The number of hydrogen-bond donors (Lipinski definition) is 2. The molecule has 80 valence electrons. The molecule has 2 heterocycles. The topological polar surface area (TPSA) is 50.4 Å². The fraction of sp³-hybridized carbons (Fsp3) is 0.900. The molecule has 2 saturated heterocycles. The molecule has 0 aromatic rings. The third-order valence-electron chi connectivity index (χ3n) is 2.92. The predicted molar refractivity (Wildman–Crippen MR) is 53.0 cm³/mol. The van der Waals surface area contributed by atoms with Crippen LogP contribution in [0.1, 0.15) is 25.7 Å². The van der Waals surface area contributed by atoms with Gasteiger partial charge in [-0.2, -0.15) is 0 Å². The zero-order chi connectivity index (χ0) is 9.80. The number of hydrogen-bond acceptors (Lipinski definition) is 3. The monoisotopic (exact) mass is 198 g/mol. The Morgan fingerprint density at radius 1 is 1.43 bits per heavy atom. The molecule has 2 unspecified atom stereocenters. The normalized spacial score (nSPS) is 32.0. The highest BCUT2D eigenvalue weighted by molar-refractivity contribution is 5.80. The first-order chi connectivity index (χ1) is 6.86. The molecule has 2 N–H and O–H groups in total. The summed E-state index contributed by atoms with van der Waals surface area (Å²) in [6.07, 6.45) is 4.06. The van der Waals surface area contributed by atoms with Crippen LogP contribution in [0.25, 0.3) is 0 Å². The van der Waals surface area contributed by atoms with Crippen LogP contribution in [0.3, 0.4) is 0 Å². The van der Waals surface area contributed by atoms with Gasteiger partial charge in [0, 0.05) is 19.2 Å². The van der Waals surface area contributed by atoms with Crippen molar-refractivity contribution in [2.75, 3.05) is 19.7 Å². The van der Waals surface area contributed by atoms with Gasteiger partial charge < -0.3 is 15.4 Å². The highest BCUT2D eigenvalue weighted by Gasteiger charge is 2.23. The predicted octanol–water partition coefficient (Wildman–Crippen LogP) is 0.0336. The van der Waals surface area contributed by atoms with E-state index in [1.807, 2.05) is 0 Å². The average molecular weight is 198 g/mol. The van der Waals surface area contributed by atoms with Crippen molar-refractivity contribution in [3.05, 3.63) is 0 Å². The number of ether oxygens (including phenoxy) is 1. The van der Waals surface area contributed by atoms with Crippen molar-refractivity contribution in [2.24, 2.45) is 0 Å². The molecule has 0 spiro atoms. The van der Waals surface area contributed by atoms with Crippen LogP contribution in [0.15, 0.2) is 0 Å². The Morgan fingerprint density at radius 2 is 2.29 bits per heavy atom. The summed E-state index contributed by atoms with van der Waals surface area (Å²) in [4.78, 5) is 11.6. The van der Waals surface area contributed by atoms with E-state index in [4.69, 9.17) is 4.74 Å². The van der Waals surface area contributed by atoms with Gasteiger partial charge in [-0.1, -0.05) is 0 Å². The maximum absolute atomic E-state index is 11.6. The van der Waals surface area contributed by atoms with Crippen molar-refractivity contribution < 1.29 is 9.53 Å². The van der Waals surface area contributed by atoms with Crippen molar-refractivity contribution in [1.82, 2.24) is 10.6 Å². The van der Waals surface area contributed by atoms with Crippen LogP contribution in [0.5, 0.6) is 0 Å².